The largest absolute Gasteiger partial charge is 0.462 e. The number of carbonyl (C=O) groups excluding carboxylic acids is 1. The summed E-state index contributed by atoms with van der Waals surface area (Å²) in [7, 11) is -2.15. The minimum absolute atomic E-state index is 0.0355. The van der Waals surface area contributed by atoms with Crippen molar-refractivity contribution in [1.82, 2.24) is 0 Å². The van der Waals surface area contributed by atoms with E-state index in [1.165, 1.54) is 10.4 Å². The Morgan fingerprint density at radius 1 is 0.968 bits per heavy atom. The van der Waals surface area contributed by atoms with Crippen molar-refractivity contribution in [3.05, 3.63) is 72.8 Å². The summed E-state index contributed by atoms with van der Waals surface area (Å²) in [5.74, 6) is -0.343. The Kier molecular flexibility index (Phi) is 11.5. The highest BCUT2D eigenvalue weighted by molar-refractivity contribution is 6.99. The van der Waals surface area contributed by atoms with Crippen LogP contribution >= 0.6 is 0 Å². The molecule has 2 aromatic carbocycles. The standard InChI is InChI=1S/C24H32O5Si2/c1-21(2)24(26)28-17-9-19-30-29-31(20-10-16-27-18-15-25,22-11-5-3-6-12-22)23-13-7-4-8-14-23/h3-8,11-14,25H,1,9-10,15-20H2,2H3. The molecule has 0 bridgehead atoms. The molecule has 0 spiro atoms. The van der Waals surface area contributed by atoms with Crippen molar-refractivity contribution in [2.45, 2.75) is 31.9 Å². The van der Waals surface area contributed by atoms with E-state index >= 15 is 0 Å². The summed E-state index contributed by atoms with van der Waals surface area (Å²) >= 11 is 0. The molecule has 0 saturated heterocycles. The predicted octanol–water partition coefficient (Wildman–Crippen LogP) is 2.71. The first-order chi connectivity index (χ1) is 15.1. The van der Waals surface area contributed by atoms with Gasteiger partial charge in [-0.05, 0) is 42.2 Å². The third-order valence-corrected chi connectivity index (χ3v) is 10.9. The van der Waals surface area contributed by atoms with E-state index in [1.54, 1.807) is 6.92 Å². The molecule has 5 nitrogen and oxygen atoms in total. The number of hydrogen-bond acceptors (Lipinski definition) is 5. The van der Waals surface area contributed by atoms with E-state index in [9.17, 15) is 4.79 Å². The fourth-order valence-corrected chi connectivity index (χ4v) is 9.28. The molecule has 1 N–H and O–H groups in total. The molecule has 31 heavy (non-hydrogen) atoms. The van der Waals surface area contributed by atoms with Crippen LogP contribution in [-0.4, -0.2) is 55.6 Å². The Morgan fingerprint density at radius 2 is 1.58 bits per heavy atom. The molecule has 0 fully saturated rings. The van der Waals surface area contributed by atoms with Crippen molar-refractivity contribution in [1.29, 1.82) is 0 Å². The Bertz CT molecular complexity index is 744. The van der Waals surface area contributed by atoms with Crippen LogP contribution in [0.25, 0.3) is 0 Å². The van der Waals surface area contributed by atoms with E-state index < -0.39 is 8.32 Å². The fraction of sp³-hybridized carbons (Fsp3) is 0.375. The molecule has 2 rings (SSSR count). The van der Waals surface area contributed by atoms with Gasteiger partial charge in [0.1, 0.15) is 0 Å². The lowest BCUT2D eigenvalue weighted by Gasteiger charge is -2.33. The number of benzene rings is 2. The number of rotatable bonds is 15. The maximum atomic E-state index is 11.5. The maximum absolute atomic E-state index is 11.5. The van der Waals surface area contributed by atoms with Crippen LogP contribution in [0.3, 0.4) is 0 Å². The number of esters is 1. The van der Waals surface area contributed by atoms with Crippen molar-refractivity contribution in [2.24, 2.45) is 0 Å². The van der Waals surface area contributed by atoms with E-state index in [0.29, 0.717) is 35.2 Å². The van der Waals surface area contributed by atoms with Crippen LogP contribution in [0.4, 0.5) is 0 Å². The smallest absolute Gasteiger partial charge is 0.333 e. The predicted molar refractivity (Wildman–Crippen MR) is 127 cm³/mol. The Labute approximate surface area is 189 Å². The quantitative estimate of drug-likeness (QED) is 0.193. The summed E-state index contributed by atoms with van der Waals surface area (Å²) in [4.78, 5) is 11.5. The number of aliphatic hydroxyl groups excluding tert-OH is 1. The maximum Gasteiger partial charge on any atom is 0.333 e. The van der Waals surface area contributed by atoms with Gasteiger partial charge >= 0.3 is 5.97 Å². The number of carbonyl (C=O) groups is 1. The third-order valence-electron chi connectivity index (χ3n) is 4.78. The summed E-state index contributed by atoms with van der Waals surface area (Å²) in [5.41, 5.74) is 0.418. The molecule has 0 atom stereocenters. The minimum Gasteiger partial charge on any atom is -0.462 e. The van der Waals surface area contributed by atoms with Gasteiger partial charge in [0.25, 0.3) is 0 Å². The monoisotopic (exact) mass is 456 g/mol. The molecule has 0 aromatic heterocycles. The lowest BCUT2D eigenvalue weighted by atomic mass is 10.4. The van der Waals surface area contributed by atoms with Crippen LogP contribution in [0.2, 0.25) is 12.1 Å². The molecule has 0 aliphatic heterocycles. The van der Waals surface area contributed by atoms with E-state index in [-0.39, 0.29) is 12.6 Å². The van der Waals surface area contributed by atoms with Crippen LogP contribution < -0.4 is 10.4 Å². The lowest BCUT2D eigenvalue weighted by Crippen LogP contribution is -2.61. The second-order valence-corrected chi connectivity index (χ2v) is 12.2. The van der Waals surface area contributed by atoms with Gasteiger partial charge in [-0.15, -0.1) is 0 Å². The van der Waals surface area contributed by atoms with Gasteiger partial charge in [0.05, 0.1) is 19.8 Å². The normalized spacial score (nSPS) is 11.3. The van der Waals surface area contributed by atoms with Gasteiger partial charge in [-0.1, -0.05) is 67.2 Å². The van der Waals surface area contributed by atoms with Gasteiger partial charge in [0, 0.05) is 12.2 Å². The molecule has 0 heterocycles. The van der Waals surface area contributed by atoms with Gasteiger partial charge in [-0.2, -0.15) is 0 Å². The molecule has 0 amide bonds. The highest BCUT2D eigenvalue weighted by Gasteiger charge is 2.38. The fourth-order valence-electron chi connectivity index (χ4n) is 3.24. The van der Waals surface area contributed by atoms with Crippen molar-refractivity contribution in [2.75, 3.05) is 26.4 Å². The average molecular weight is 457 g/mol. The van der Waals surface area contributed by atoms with Crippen molar-refractivity contribution >= 4 is 34.4 Å². The van der Waals surface area contributed by atoms with Crippen LogP contribution in [0.15, 0.2) is 72.8 Å². The molecule has 2 radical (unpaired) electrons. The molecule has 0 unspecified atom stereocenters. The van der Waals surface area contributed by atoms with E-state index in [4.69, 9.17) is 18.7 Å². The topological polar surface area (TPSA) is 65.0 Å². The highest BCUT2D eigenvalue weighted by atomic mass is 28.4. The molecular formula is C24H32O5Si2. The Hall–Kier alpha value is -2.04. The summed E-state index contributed by atoms with van der Waals surface area (Å²) in [5, 5.41) is 11.4. The zero-order valence-corrected chi connectivity index (χ0v) is 20.2. The Balaban J connectivity index is 2.10. The first-order valence-corrected chi connectivity index (χ1v) is 13.9. The zero-order chi connectivity index (χ0) is 22.4. The lowest BCUT2D eigenvalue weighted by molar-refractivity contribution is -0.138. The number of aliphatic hydroxyl groups is 1. The van der Waals surface area contributed by atoms with Gasteiger partial charge in [0.15, 0.2) is 0 Å². The second-order valence-electron chi connectivity index (χ2n) is 7.26. The molecule has 0 aliphatic carbocycles. The summed E-state index contributed by atoms with van der Waals surface area (Å²) in [6, 6.07) is 22.7. The van der Waals surface area contributed by atoms with Crippen LogP contribution in [0.1, 0.15) is 19.8 Å². The summed E-state index contributed by atoms with van der Waals surface area (Å²) in [6.07, 6.45) is 1.61. The number of ether oxygens (including phenoxy) is 2. The zero-order valence-electron chi connectivity index (χ0n) is 18.2. The summed E-state index contributed by atoms with van der Waals surface area (Å²) < 4.78 is 17.5. The van der Waals surface area contributed by atoms with Crippen LogP contribution in [0, 0.1) is 0 Å². The van der Waals surface area contributed by atoms with Gasteiger partial charge in [-0.25, -0.2) is 4.79 Å². The van der Waals surface area contributed by atoms with Crippen molar-refractivity contribution < 1.29 is 23.5 Å². The first kappa shape index (κ1) is 25.2. The SMILES string of the molecule is C=C(C)C(=O)OCCC[Si]O[Si](CCCOCCO)(c1ccccc1)c1ccccc1. The van der Waals surface area contributed by atoms with Gasteiger partial charge in [0.2, 0.25) is 18.1 Å². The molecule has 166 valence electrons. The molecule has 2 aromatic rings. The van der Waals surface area contributed by atoms with E-state index in [2.05, 4.69) is 55.1 Å². The van der Waals surface area contributed by atoms with Gasteiger partial charge in [-0.3, -0.25) is 0 Å². The molecular weight excluding hydrogens is 424 g/mol. The molecule has 0 aliphatic rings. The van der Waals surface area contributed by atoms with Crippen molar-refractivity contribution in [3.8, 4) is 0 Å². The Morgan fingerprint density at radius 3 is 2.13 bits per heavy atom. The van der Waals surface area contributed by atoms with Crippen LogP contribution in [0.5, 0.6) is 0 Å². The minimum atomic E-state index is -2.46. The average Bonchev–Trinajstić information content (AvgIpc) is 2.80. The molecule has 7 heteroatoms. The van der Waals surface area contributed by atoms with E-state index in [1.807, 2.05) is 12.1 Å². The third kappa shape index (κ3) is 8.19. The van der Waals surface area contributed by atoms with Crippen molar-refractivity contribution in [3.63, 3.8) is 0 Å². The number of hydrogen-bond donors (Lipinski definition) is 1. The van der Waals surface area contributed by atoms with Gasteiger partial charge < -0.3 is 18.7 Å². The second kappa shape index (κ2) is 14.1. The van der Waals surface area contributed by atoms with Crippen LogP contribution in [-0.2, 0) is 18.4 Å². The highest BCUT2D eigenvalue weighted by Crippen LogP contribution is 2.16. The first-order valence-electron chi connectivity index (χ1n) is 10.6. The molecule has 0 saturated carbocycles. The summed E-state index contributed by atoms with van der Waals surface area (Å²) in [6.45, 7) is 6.62. The van der Waals surface area contributed by atoms with E-state index in [0.717, 1.165) is 24.9 Å².